The number of tetrazole rings is 1. The second kappa shape index (κ2) is 6.67. The van der Waals surface area contributed by atoms with Gasteiger partial charge in [0.25, 0.3) is 0 Å². The molecule has 23 heavy (non-hydrogen) atoms. The zero-order chi connectivity index (χ0) is 16.4. The number of aliphatic hydroxyl groups excluding tert-OH is 1. The van der Waals surface area contributed by atoms with E-state index in [0.29, 0.717) is 0 Å². The number of nitrogens with one attached hydrogen (secondary N) is 1. The lowest BCUT2D eigenvalue weighted by atomic mass is 10.0. The minimum Gasteiger partial charge on any atom is -0.393 e. The second-order valence-corrected chi connectivity index (χ2v) is 7.93. The second-order valence-electron chi connectivity index (χ2n) is 6.95. The van der Waals surface area contributed by atoms with Gasteiger partial charge < -0.3 is 10.0 Å². The fraction of sp³-hybridized carbons (Fsp3) is 0.688. The summed E-state index contributed by atoms with van der Waals surface area (Å²) >= 11 is 1.76. The quantitative estimate of drug-likeness (QED) is 0.855. The third-order valence-electron chi connectivity index (χ3n) is 5.02. The smallest absolute Gasteiger partial charge is 0.215 e. The van der Waals surface area contributed by atoms with E-state index in [0.717, 1.165) is 38.2 Å². The van der Waals surface area contributed by atoms with E-state index >= 15 is 0 Å². The molecule has 0 aromatic carbocycles. The molecular formula is C16H26N5OS+. The molecule has 2 aromatic rings. The Morgan fingerprint density at radius 2 is 2.17 bits per heavy atom. The van der Waals surface area contributed by atoms with Crippen molar-refractivity contribution in [3.05, 3.63) is 28.2 Å². The Balaban J connectivity index is 1.99. The molecule has 7 heteroatoms. The van der Waals surface area contributed by atoms with E-state index in [1.165, 1.54) is 9.78 Å². The molecule has 0 radical (unpaired) electrons. The first-order valence-electron chi connectivity index (χ1n) is 8.37. The van der Waals surface area contributed by atoms with E-state index in [1.54, 1.807) is 11.3 Å². The molecule has 6 nitrogen and oxygen atoms in total. The molecule has 1 saturated heterocycles. The van der Waals surface area contributed by atoms with Crippen LogP contribution < -0.4 is 4.90 Å². The van der Waals surface area contributed by atoms with Gasteiger partial charge in [-0.25, -0.2) is 4.68 Å². The summed E-state index contributed by atoms with van der Waals surface area (Å²) in [6.07, 6.45) is 2.49. The number of aromatic nitrogens is 4. The van der Waals surface area contributed by atoms with Gasteiger partial charge in [0, 0.05) is 12.8 Å². The monoisotopic (exact) mass is 336 g/mol. The third-order valence-corrected chi connectivity index (χ3v) is 5.96. The van der Waals surface area contributed by atoms with Gasteiger partial charge in [0.05, 0.1) is 29.6 Å². The SMILES string of the molecule is CCC(C)(C)n1nnnc1[C@H](c1cccs1)[NH+]1CCC(O)CC1. The number of aliphatic hydroxyl groups is 1. The average Bonchev–Trinajstić information content (AvgIpc) is 3.22. The maximum atomic E-state index is 9.84. The molecule has 3 heterocycles. The van der Waals surface area contributed by atoms with E-state index in [4.69, 9.17) is 0 Å². The van der Waals surface area contributed by atoms with E-state index in [1.807, 2.05) is 4.68 Å². The van der Waals surface area contributed by atoms with Gasteiger partial charge >= 0.3 is 0 Å². The van der Waals surface area contributed by atoms with Gasteiger partial charge in [0.2, 0.25) is 5.82 Å². The maximum Gasteiger partial charge on any atom is 0.215 e. The minimum absolute atomic E-state index is 0.108. The lowest BCUT2D eigenvalue weighted by Crippen LogP contribution is -3.13. The van der Waals surface area contributed by atoms with Crippen LogP contribution in [0.5, 0.6) is 0 Å². The number of piperidine rings is 1. The van der Waals surface area contributed by atoms with E-state index < -0.39 is 0 Å². The zero-order valence-electron chi connectivity index (χ0n) is 14.1. The van der Waals surface area contributed by atoms with Gasteiger partial charge in [-0.2, -0.15) is 0 Å². The van der Waals surface area contributed by atoms with Gasteiger partial charge in [-0.1, -0.05) is 13.0 Å². The van der Waals surface area contributed by atoms with E-state index in [-0.39, 0.29) is 17.7 Å². The lowest BCUT2D eigenvalue weighted by Gasteiger charge is -2.33. The van der Waals surface area contributed by atoms with Crippen LogP contribution in [0.2, 0.25) is 0 Å². The summed E-state index contributed by atoms with van der Waals surface area (Å²) in [6, 6.07) is 4.40. The highest BCUT2D eigenvalue weighted by Gasteiger charge is 2.37. The van der Waals surface area contributed by atoms with Crippen molar-refractivity contribution in [3.63, 3.8) is 0 Å². The van der Waals surface area contributed by atoms with Crippen LogP contribution in [-0.4, -0.2) is 44.5 Å². The molecule has 2 N–H and O–H groups in total. The van der Waals surface area contributed by atoms with Crippen molar-refractivity contribution in [3.8, 4) is 0 Å². The predicted molar refractivity (Wildman–Crippen MR) is 89.5 cm³/mol. The van der Waals surface area contributed by atoms with Crippen LogP contribution in [0.25, 0.3) is 0 Å². The summed E-state index contributed by atoms with van der Waals surface area (Å²) in [5.41, 5.74) is -0.108. The largest absolute Gasteiger partial charge is 0.393 e. The topological polar surface area (TPSA) is 68.3 Å². The summed E-state index contributed by atoms with van der Waals surface area (Å²) in [4.78, 5) is 2.74. The third kappa shape index (κ3) is 3.32. The summed E-state index contributed by atoms with van der Waals surface area (Å²) in [6.45, 7) is 8.41. The highest BCUT2D eigenvalue weighted by molar-refractivity contribution is 7.10. The highest BCUT2D eigenvalue weighted by atomic mass is 32.1. The van der Waals surface area contributed by atoms with Crippen molar-refractivity contribution in [2.24, 2.45) is 0 Å². The number of hydrogen-bond donors (Lipinski definition) is 2. The Morgan fingerprint density at radius 3 is 2.78 bits per heavy atom. The van der Waals surface area contributed by atoms with Gasteiger partial charge in [-0.05, 0) is 42.1 Å². The Hall–Kier alpha value is -1.31. The number of rotatable bonds is 5. The van der Waals surface area contributed by atoms with Crippen LogP contribution in [-0.2, 0) is 5.54 Å². The average molecular weight is 336 g/mol. The molecule has 0 aliphatic carbocycles. The molecule has 126 valence electrons. The van der Waals surface area contributed by atoms with Crippen LogP contribution in [0, 0.1) is 0 Å². The van der Waals surface area contributed by atoms with Crippen molar-refractivity contribution >= 4 is 11.3 Å². The number of nitrogens with zero attached hydrogens (tertiary/aromatic N) is 4. The lowest BCUT2D eigenvalue weighted by molar-refractivity contribution is -0.931. The van der Waals surface area contributed by atoms with E-state index in [9.17, 15) is 5.11 Å². The maximum absolute atomic E-state index is 9.84. The fourth-order valence-corrected chi connectivity index (χ4v) is 4.06. The van der Waals surface area contributed by atoms with E-state index in [2.05, 4.69) is 53.8 Å². The molecule has 1 atom stereocenters. The minimum atomic E-state index is -0.161. The predicted octanol–water partition coefficient (Wildman–Crippen LogP) is 1.01. The Morgan fingerprint density at radius 1 is 1.43 bits per heavy atom. The molecule has 0 amide bonds. The molecule has 0 saturated carbocycles. The standard InChI is InChI=1S/C16H25N5OS/c1-4-16(2,3)21-15(17-18-19-21)14(13-6-5-11-23-13)20-9-7-12(22)8-10-20/h5-6,11-12,14,22H,4,7-10H2,1-3H3/p+1/t14-/m0/s1. The first kappa shape index (κ1) is 16.5. The van der Waals surface area contributed by atoms with Crippen molar-refractivity contribution in [1.82, 2.24) is 20.2 Å². The fourth-order valence-electron chi connectivity index (χ4n) is 3.18. The summed E-state index contributed by atoms with van der Waals surface area (Å²) in [7, 11) is 0. The molecule has 1 aliphatic heterocycles. The van der Waals surface area contributed by atoms with Crippen molar-refractivity contribution < 1.29 is 10.0 Å². The highest BCUT2D eigenvalue weighted by Crippen LogP contribution is 2.27. The number of hydrogen-bond acceptors (Lipinski definition) is 5. The van der Waals surface area contributed by atoms with Crippen LogP contribution in [0.4, 0.5) is 0 Å². The molecule has 3 rings (SSSR count). The van der Waals surface area contributed by atoms with Crippen molar-refractivity contribution in [2.45, 2.75) is 57.7 Å². The van der Waals surface area contributed by atoms with Crippen LogP contribution >= 0.6 is 11.3 Å². The number of likely N-dealkylation sites (tertiary alicyclic amines) is 1. The van der Waals surface area contributed by atoms with Gasteiger partial charge in [0.1, 0.15) is 0 Å². The molecule has 0 bridgehead atoms. The number of thiophene rings is 1. The summed E-state index contributed by atoms with van der Waals surface area (Å²) < 4.78 is 2.00. The first-order valence-corrected chi connectivity index (χ1v) is 9.25. The van der Waals surface area contributed by atoms with Crippen LogP contribution in [0.3, 0.4) is 0 Å². The first-order chi connectivity index (χ1) is 11.0. The van der Waals surface area contributed by atoms with Crippen LogP contribution in [0.15, 0.2) is 17.5 Å². The van der Waals surface area contributed by atoms with Gasteiger partial charge in [-0.3, -0.25) is 0 Å². The molecule has 0 spiro atoms. The molecule has 0 unspecified atom stereocenters. The summed E-state index contributed by atoms with van der Waals surface area (Å²) in [5, 5.41) is 24.6. The zero-order valence-corrected chi connectivity index (χ0v) is 14.9. The normalized spacial score (nSPS) is 23.8. The van der Waals surface area contributed by atoms with Gasteiger partial charge in [-0.15, -0.1) is 16.4 Å². The molecule has 1 aliphatic rings. The molecular weight excluding hydrogens is 310 g/mol. The number of quaternary nitrogens is 1. The van der Waals surface area contributed by atoms with Crippen molar-refractivity contribution in [1.29, 1.82) is 0 Å². The Kier molecular flexibility index (Phi) is 4.79. The molecule has 1 fully saturated rings. The molecule has 2 aromatic heterocycles. The van der Waals surface area contributed by atoms with Crippen LogP contribution in [0.1, 0.15) is 56.8 Å². The van der Waals surface area contributed by atoms with Crippen molar-refractivity contribution in [2.75, 3.05) is 13.1 Å². The Labute approximate surface area is 141 Å². The van der Waals surface area contributed by atoms with Gasteiger partial charge in [0.15, 0.2) is 6.04 Å². The Bertz CT molecular complexity index is 616. The summed E-state index contributed by atoms with van der Waals surface area (Å²) in [5.74, 6) is 0.936.